The molecule has 1 aromatic heterocycles. The van der Waals surface area contributed by atoms with Crippen molar-refractivity contribution in [3.63, 3.8) is 0 Å². The number of rotatable bonds is 3. The first-order valence-electron chi connectivity index (χ1n) is 7.13. The van der Waals surface area contributed by atoms with Gasteiger partial charge >= 0.3 is 0 Å². The Labute approximate surface area is 116 Å². The first kappa shape index (κ1) is 12.1. The fourth-order valence-electron chi connectivity index (χ4n) is 3.49. The average molecular weight is 274 g/mol. The third-order valence-electron chi connectivity index (χ3n) is 4.96. The molecule has 0 N–H and O–H groups in total. The van der Waals surface area contributed by atoms with Gasteiger partial charge in [-0.05, 0) is 42.2 Å². The Morgan fingerprint density at radius 1 is 1.30 bits per heavy atom. The van der Waals surface area contributed by atoms with Gasteiger partial charge in [-0.1, -0.05) is 18.6 Å². The maximum atomic E-state index is 13.6. The second-order valence-electron chi connectivity index (χ2n) is 6.16. The van der Waals surface area contributed by atoms with Crippen LogP contribution in [0.15, 0.2) is 30.6 Å². The maximum absolute atomic E-state index is 13.6. The minimum atomic E-state index is -0.800. The van der Waals surface area contributed by atoms with Crippen LogP contribution in [-0.2, 0) is 6.54 Å². The van der Waals surface area contributed by atoms with E-state index < -0.39 is 11.6 Å². The molecule has 2 aliphatic carbocycles. The van der Waals surface area contributed by atoms with Crippen LogP contribution in [0.4, 0.5) is 8.78 Å². The van der Waals surface area contributed by atoms with Crippen LogP contribution in [-0.4, -0.2) is 9.78 Å². The normalized spacial score (nSPS) is 22.8. The number of benzene rings is 1. The second-order valence-corrected chi connectivity index (χ2v) is 6.16. The number of hydrogen-bond acceptors (Lipinski definition) is 1. The summed E-state index contributed by atoms with van der Waals surface area (Å²) in [5.74, 6) is -0.931. The molecule has 2 nitrogen and oxygen atoms in total. The molecule has 1 aromatic carbocycles. The summed E-state index contributed by atoms with van der Waals surface area (Å²) in [7, 11) is 0. The third-order valence-corrected chi connectivity index (χ3v) is 4.96. The Hall–Kier alpha value is -1.71. The van der Waals surface area contributed by atoms with E-state index in [1.807, 2.05) is 12.4 Å². The summed E-state index contributed by atoms with van der Waals surface area (Å²) < 4.78 is 28.5. The number of hydrogen-bond donors (Lipinski definition) is 0. The fourth-order valence-corrected chi connectivity index (χ4v) is 3.49. The number of halogens is 2. The van der Waals surface area contributed by atoms with E-state index in [1.54, 1.807) is 10.7 Å². The second kappa shape index (κ2) is 4.14. The summed E-state index contributed by atoms with van der Waals surface area (Å²) >= 11 is 0. The van der Waals surface area contributed by atoms with Gasteiger partial charge in [0.15, 0.2) is 11.6 Å². The molecule has 1 spiro atoms. The van der Waals surface area contributed by atoms with Crippen molar-refractivity contribution < 1.29 is 8.78 Å². The van der Waals surface area contributed by atoms with Gasteiger partial charge in [0.2, 0.25) is 0 Å². The molecule has 2 fully saturated rings. The van der Waals surface area contributed by atoms with Crippen LogP contribution < -0.4 is 0 Å². The van der Waals surface area contributed by atoms with Crippen molar-refractivity contribution in [3.05, 3.63) is 53.4 Å². The summed E-state index contributed by atoms with van der Waals surface area (Å²) in [5, 5.41) is 4.29. The zero-order valence-corrected chi connectivity index (χ0v) is 11.1. The molecule has 20 heavy (non-hydrogen) atoms. The zero-order valence-electron chi connectivity index (χ0n) is 11.1. The van der Waals surface area contributed by atoms with Gasteiger partial charge in [0.05, 0.1) is 12.7 Å². The van der Waals surface area contributed by atoms with Crippen molar-refractivity contribution in [2.75, 3.05) is 0 Å². The first-order chi connectivity index (χ1) is 9.68. The molecule has 1 atom stereocenters. The highest BCUT2D eigenvalue weighted by atomic mass is 19.2. The third kappa shape index (κ3) is 1.78. The Kier molecular flexibility index (Phi) is 2.50. The Bertz CT molecular complexity index is 658. The SMILES string of the molecule is Fc1cccc(Cn2cc(C3CC34CCC4)cn2)c1F. The topological polar surface area (TPSA) is 17.8 Å². The monoisotopic (exact) mass is 274 g/mol. The largest absolute Gasteiger partial charge is 0.268 e. The van der Waals surface area contributed by atoms with E-state index in [-0.39, 0.29) is 6.54 Å². The summed E-state index contributed by atoms with van der Waals surface area (Å²) in [4.78, 5) is 0. The van der Waals surface area contributed by atoms with Crippen LogP contribution in [0.2, 0.25) is 0 Å². The van der Waals surface area contributed by atoms with E-state index in [2.05, 4.69) is 5.10 Å². The summed E-state index contributed by atoms with van der Waals surface area (Å²) in [5.41, 5.74) is 2.16. The number of aromatic nitrogens is 2. The Morgan fingerprint density at radius 2 is 2.15 bits per heavy atom. The molecule has 0 bridgehead atoms. The van der Waals surface area contributed by atoms with Gasteiger partial charge in [0, 0.05) is 11.8 Å². The van der Waals surface area contributed by atoms with E-state index in [4.69, 9.17) is 0 Å². The average Bonchev–Trinajstić information content (AvgIpc) is 3.02. The highest BCUT2D eigenvalue weighted by molar-refractivity contribution is 5.28. The summed E-state index contributed by atoms with van der Waals surface area (Å²) in [6, 6.07) is 4.27. The smallest absolute Gasteiger partial charge is 0.163 e. The van der Waals surface area contributed by atoms with Crippen molar-refractivity contribution in [2.24, 2.45) is 5.41 Å². The first-order valence-corrected chi connectivity index (χ1v) is 7.13. The van der Waals surface area contributed by atoms with Crippen molar-refractivity contribution >= 4 is 0 Å². The van der Waals surface area contributed by atoms with Crippen LogP contribution in [0, 0.1) is 17.0 Å². The van der Waals surface area contributed by atoms with Crippen LogP contribution in [0.1, 0.15) is 42.7 Å². The van der Waals surface area contributed by atoms with Gasteiger partial charge < -0.3 is 0 Å². The van der Waals surface area contributed by atoms with Crippen molar-refractivity contribution in [2.45, 2.75) is 38.1 Å². The number of nitrogens with zero attached hydrogens (tertiary/aromatic N) is 2. The Morgan fingerprint density at radius 3 is 2.85 bits per heavy atom. The predicted molar refractivity (Wildman–Crippen MR) is 71.3 cm³/mol. The van der Waals surface area contributed by atoms with Crippen molar-refractivity contribution in [3.8, 4) is 0 Å². The lowest BCUT2D eigenvalue weighted by molar-refractivity contribution is 0.277. The minimum absolute atomic E-state index is 0.281. The predicted octanol–water partition coefficient (Wildman–Crippen LogP) is 3.87. The Balaban J connectivity index is 1.52. The minimum Gasteiger partial charge on any atom is -0.268 e. The van der Waals surface area contributed by atoms with E-state index in [0.29, 0.717) is 16.9 Å². The van der Waals surface area contributed by atoms with Gasteiger partial charge in [0.25, 0.3) is 0 Å². The van der Waals surface area contributed by atoms with Crippen LogP contribution in [0.5, 0.6) is 0 Å². The molecule has 0 amide bonds. The highest BCUT2D eigenvalue weighted by Crippen LogP contribution is 2.70. The van der Waals surface area contributed by atoms with Gasteiger partial charge in [-0.15, -0.1) is 0 Å². The molecule has 104 valence electrons. The van der Waals surface area contributed by atoms with E-state index in [1.165, 1.54) is 37.3 Å². The standard InChI is InChI=1S/C16H16F2N2/c17-14-4-1-3-11(15(14)18)9-20-10-12(8-19-20)13-7-16(13)5-2-6-16/h1,3-4,8,10,13H,2,5-7,9H2. The van der Waals surface area contributed by atoms with Crippen molar-refractivity contribution in [1.29, 1.82) is 0 Å². The molecule has 1 heterocycles. The molecule has 2 aliphatic rings. The lowest BCUT2D eigenvalue weighted by atomic mass is 9.79. The molecule has 1 unspecified atom stereocenters. The zero-order chi connectivity index (χ0) is 13.7. The van der Waals surface area contributed by atoms with Crippen LogP contribution in [0.3, 0.4) is 0 Å². The molecule has 2 aromatic rings. The fraction of sp³-hybridized carbons (Fsp3) is 0.438. The quantitative estimate of drug-likeness (QED) is 0.831. The summed E-state index contributed by atoms with van der Waals surface area (Å²) in [6.45, 7) is 0.281. The molecule has 0 radical (unpaired) electrons. The van der Waals surface area contributed by atoms with Gasteiger partial charge in [0.1, 0.15) is 0 Å². The lowest BCUT2D eigenvalue weighted by Gasteiger charge is -2.26. The van der Waals surface area contributed by atoms with Crippen LogP contribution >= 0.6 is 0 Å². The van der Waals surface area contributed by atoms with Gasteiger partial charge in [-0.25, -0.2) is 8.78 Å². The molecular weight excluding hydrogens is 258 g/mol. The molecule has 2 saturated carbocycles. The lowest BCUT2D eigenvalue weighted by Crippen LogP contribution is -2.13. The highest BCUT2D eigenvalue weighted by Gasteiger charge is 2.58. The summed E-state index contributed by atoms with van der Waals surface area (Å²) in [6.07, 6.45) is 9.16. The molecular formula is C16H16F2N2. The molecule has 4 rings (SSSR count). The van der Waals surface area contributed by atoms with Gasteiger partial charge in [-0.2, -0.15) is 5.10 Å². The van der Waals surface area contributed by atoms with Crippen LogP contribution in [0.25, 0.3) is 0 Å². The molecule has 0 aliphatic heterocycles. The molecule has 0 saturated heterocycles. The van der Waals surface area contributed by atoms with E-state index in [9.17, 15) is 8.78 Å². The van der Waals surface area contributed by atoms with E-state index in [0.717, 1.165) is 6.07 Å². The van der Waals surface area contributed by atoms with E-state index >= 15 is 0 Å². The molecule has 4 heteroatoms. The van der Waals surface area contributed by atoms with Gasteiger partial charge in [-0.3, -0.25) is 4.68 Å². The van der Waals surface area contributed by atoms with Crippen molar-refractivity contribution in [1.82, 2.24) is 9.78 Å². The maximum Gasteiger partial charge on any atom is 0.163 e.